The van der Waals surface area contributed by atoms with Crippen LogP contribution >= 0.6 is 0 Å². The van der Waals surface area contributed by atoms with E-state index in [0.717, 1.165) is 5.56 Å². The van der Waals surface area contributed by atoms with E-state index in [4.69, 9.17) is 19.6 Å². The normalized spacial score (nSPS) is 13.2. The van der Waals surface area contributed by atoms with Crippen LogP contribution in [0.25, 0.3) is 0 Å². The Kier molecular flexibility index (Phi) is 5.60. The minimum absolute atomic E-state index is 0.374. The van der Waals surface area contributed by atoms with Crippen LogP contribution in [0.4, 0.5) is 0 Å². The summed E-state index contributed by atoms with van der Waals surface area (Å²) in [5.41, 5.74) is 0.0991. The highest BCUT2D eigenvalue weighted by molar-refractivity contribution is 5.20. The van der Waals surface area contributed by atoms with Crippen molar-refractivity contribution < 1.29 is 19.6 Å². The minimum atomic E-state index is -0.554. The fourth-order valence-corrected chi connectivity index (χ4v) is 1.31. The molecular formula is C16H24O4. The van der Waals surface area contributed by atoms with Gasteiger partial charge in [-0.2, -0.15) is 9.78 Å². The first-order valence-electron chi connectivity index (χ1n) is 6.63. The molecule has 0 aliphatic carbocycles. The van der Waals surface area contributed by atoms with E-state index in [1.165, 1.54) is 6.26 Å². The lowest BCUT2D eigenvalue weighted by atomic mass is 9.99. The Balaban J connectivity index is 2.48. The van der Waals surface area contributed by atoms with Crippen molar-refractivity contribution in [2.45, 2.75) is 52.7 Å². The van der Waals surface area contributed by atoms with Crippen LogP contribution in [0.5, 0.6) is 0 Å². The zero-order chi connectivity index (χ0) is 15.2. The first kappa shape index (κ1) is 16.5. The van der Waals surface area contributed by atoms with Gasteiger partial charge in [0.15, 0.2) is 12.0 Å². The van der Waals surface area contributed by atoms with Gasteiger partial charge >= 0.3 is 0 Å². The van der Waals surface area contributed by atoms with Crippen molar-refractivity contribution >= 4 is 0 Å². The van der Waals surface area contributed by atoms with E-state index in [9.17, 15) is 0 Å². The third kappa shape index (κ3) is 6.08. The van der Waals surface area contributed by atoms with E-state index in [2.05, 4.69) is 0 Å². The molecule has 1 rings (SSSR count). The van der Waals surface area contributed by atoms with E-state index in [1.54, 1.807) is 6.92 Å². The Bertz CT molecular complexity index is 430. The van der Waals surface area contributed by atoms with Crippen LogP contribution in [0.15, 0.2) is 42.4 Å². The van der Waals surface area contributed by atoms with Crippen LogP contribution in [-0.4, -0.2) is 5.60 Å². The van der Waals surface area contributed by atoms with Crippen molar-refractivity contribution in [3.05, 3.63) is 47.9 Å². The molecule has 20 heavy (non-hydrogen) atoms. The molecule has 0 radical (unpaired) electrons. The summed E-state index contributed by atoms with van der Waals surface area (Å²) in [6.07, 6.45) is 1.37. The highest BCUT2D eigenvalue weighted by Crippen LogP contribution is 2.25. The zero-order valence-corrected chi connectivity index (χ0v) is 13.1. The molecular weight excluding hydrogens is 256 g/mol. The molecule has 1 aromatic carbocycles. The summed E-state index contributed by atoms with van der Waals surface area (Å²) < 4.78 is 0. The van der Waals surface area contributed by atoms with E-state index < -0.39 is 5.60 Å². The minimum Gasteiger partial charge on any atom is -0.341 e. The Morgan fingerprint density at radius 3 is 2.10 bits per heavy atom. The maximum Gasteiger partial charge on any atom is 0.177 e. The molecule has 0 heterocycles. The highest BCUT2D eigenvalue weighted by atomic mass is 17.2. The van der Waals surface area contributed by atoms with Gasteiger partial charge in [-0.05, 0) is 40.2 Å². The summed E-state index contributed by atoms with van der Waals surface area (Å²) in [4.78, 5) is 20.8. The first-order valence-corrected chi connectivity index (χ1v) is 6.63. The summed E-state index contributed by atoms with van der Waals surface area (Å²) in [5, 5.41) is 0. The molecule has 0 saturated heterocycles. The molecule has 1 aromatic rings. The van der Waals surface area contributed by atoms with Gasteiger partial charge in [0.2, 0.25) is 0 Å². The molecule has 0 aromatic heterocycles. The number of hydrogen-bond donors (Lipinski definition) is 0. The van der Waals surface area contributed by atoms with E-state index in [0.29, 0.717) is 5.76 Å². The first-order chi connectivity index (χ1) is 9.21. The fourth-order valence-electron chi connectivity index (χ4n) is 1.31. The maximum absolute atomic E-state index is 5.46. The van der Waals surface area contributed by atoms with Crippen LogP contribution in [0, 0.1) is 0 Å². The van der Waals surface area contributed by atoms with Gasteiger partial charge in [0.05, 0.1) is 0 Å². The second kappa shape index (κ2) is 6.77. The van der Waals surface area contributed by atoms with E-state index in [1.807, 2.05) is 65.0 Å². The average molecular weight is 280 g/mol. The van der Waals surface area contributed by atoms with Gasteiger partial charge in [-0.3, -0.25) is 0 Å². The van der Waals surface area contributed by atoms with Gasteiger partial charge < -0.3 is 9.78 Å². The average Bonchev–Trinajstić information content (AvgIpc) is 2.36. The molecule has 0 N–H and O–H groups in total. The van der Waals surface area contributed by atoms with Gasteiger partial charge in [-0.25, -0.2) is 0 Å². The number of rotatable bonds is 6. The molecule has 0 saturated carbocycles. The highest BCUT2D eigenvalue weighted by Gasteiger charge is 2.23. The summed E-state index contributed by atoms with van der Waals surface area (Å²) in [7, 11) is 0. The van der Waals surface area contributed by atoms with Crippen LogP contribution in [0.3, 0.4) is 0 Å². The summed E-state index contributed by atoms with van der Waals surface area (Å²) in [6, 6.07) is 9.86. The van der Waals surface area contributed by atoms with Crippen molar-refractivity contribution in [1.82, 2.24) is 0 Å². The Hall–Kier alpha value is -1.52. The molecule has 0 unspecified atom stereocenters. The molecule has 4 heteroatoms. The maximum atomic E-state index is 5.46. The van der Waals surface area contributed by atoms with Gasteiger partial charge in [-0.15, -0.1) is 0 Å². The van der Waals surface area contributed by atoms with Crippen LogP contribution in [0.2, 0.25) is 0 Å². The molecule has 0 spiro atoms. The second-order valence-electron chi connectivity index (χ2n) is 6.06. The molecule has 0 atom stereocenters. The summed E-state index contributed by atoms with van der Waals surface area (Å²) in [5.74, 6) is 0.471. The van der Waals surface area contributed by atoms with Crippen molar-refractivity contribution in [2.24, 2.45) is 0 Å². The van der Waals surface area contributed by atoms with Crippen LogP contribution in [0.1, 0.15) is 47.1 Å². The molecule has 0 fully saturated rings. The zero-order valence-electron chi connectivity index (χ0n) is 13.1. The SMILES string of the molecule is CC(=COOC(C)(C)C)OOC(C)(C)c1ccccc1. The molecule has 0 amide bonds. The van der Waals surface area contributed by atoms with Gasteiger partial charge in [0.1, 0.15) is 11.2 Å². The summed E-state index contributed by atoms with van der Waals surface area (Å²) in [6.45, 7) is 11.3. The number of benzene rings is 1. The molecule has 0 bridgehead atoms. The van der Waals surface area contributed by atoms with Gasteiger partial charge in [-0.1, -0.05) is 30.3 Å². The largest absolute Gasteiger partial charge is 0.341 e. The Labute approximate surface area is 121 Å². The Morgan fingerprint density at radius 1 is 0.950 bits per heavy atom. The second-order valence-corrected chi connectivity index (χ2v) is 6.06. The third-order valence-corrected chi connectivity index (χ3v) is 2.36. The van der Waals surface area contributed by atoms with Crippen LogP contribution < -0.4 is 0 Å². The van der Waals surface area contributed by atoms with Crippen molar-refractivity contribution in [1.29, 1.82) is 0 Å². The third-order valence-electron chi connectivity index (χ3n) is 2.36. The monoisotopic (exact) mass is 280 g/mol. The smallest absolute Gasteiger partial charge is 0.177 e. The molecule has 112 valence electrons. The lowest BCUT2D eigenvalue weighted by molar-refractivity contribution is -0.343. The van der Waals surface area contributed by atoms with Gasteiger partial charge in [0.25, 0.3) is 0 Å². The van der Waals surface area contributed by atoms with E-state index >= 15 is 0 Å². The molecule has 4 nitrogen and oxygen atoms in total. The molecule has 0 aliphatic heterocycles. The van der Waals surface area contributed by atoms with Crippen molar-refractivity contribution in [3.8, 4) is 0 Å². The standard InChI is InChI=1S/C16H24O4/c1-13(12-17-19-15(2,3)4)18-20-16(5,6)14-10-8-7-9-11-14/h7-12H,1-6H3. The topological polar surface area (TPSA) is 36.9 Å². The fraction of sp³-hybridized carbons (Fsp3) is 0.500. The van der Waals surface area contributed by atoms with Crippen molar-refractivity contribution in [3.63, 3.8) is 0 Å². The Morgan fingerprint density at radius 2 is 1.55 bits per heavy atom. The number of allylic oxidation sites excluding steroid dienone is 1. The lowest BCUT2D eigenvalue weighted by Gasteiger charge is -2.24. The van der Waals surface area contributed by atoms with E-state index in [-0.39, 0.29) is 5.60 Å². The number of hydrogen-bond acceptors (Lipinski definition) is 4. The van der Waals surface area contributed by atoms with Gasteiger partial charge in [0, 0.05) is 6.92 Å². The molecule has 0 aliphatic rings. The summed E-state index contributed by atoms with van der Waals surface area (Å²) >= 11 is 0. The predicted molar refractivity (Wildman–Crippen MR) is 77.3 cm³/mol. The predicted octanol–water partition coefficient (Wildman–Crippen LogP) is 4.48. The van der Waals surface area contributed by atoms with Crippen LogP contribution in [-0.2, 0) is 25.2 Å². The van der Waals surface area contributed by atoms with Crippen molar-refractivity contribution in [2.75, 3.05) is 0 Å². The quantitative estimate of drug-likeness (QED) is 0.437. The lowest BCUT2D eigenvalue weighted by Crippen LogP contribution is -2.21.